The maximum Gasteiger partial charge on any atom is 0.277 e. The minimum atomic E-state index is -0.304. The molecule has 3 aromatic rings. The minimum absolute atomic E-state index is 0.0198. The first-order valence-corrected chi connectivity index (χ1v) is 9.31. The van der Waals surface area contributed by atoms with Crippen molar-refractivity contribution in [2.75, 3.05) is 7.11 Å². The Bertz CT molecular complexity index is 879. The molecular formula is C19H17ClN2O3S. The van der Waals surface area contributed by atoms with Crippen LogP contribution in [0, 0.1) is 0 Å². The van der Waals surface area contributed by atoms with E-state index in [1.807, 2.05) is 19.1 Å². The average molecular weight is 389 g/mol. The van der Waals surface area contributed by atoms with Crippen molar-refractivity contribution in [3.8, 4) is 17.2 Å². The van der Waals surface area contributed by atoms with Gasteiger partial charge in [-0.2, -0.15) is 0 Å². The summed E-state index contributed by atoms with van der Waals surface area (Å²) in [6.07, 6.45) is 0.647. The Labute approximate surface area is 160 Å². The van der Waals surface area contributed by atoms with E-state index in [9.17, 15) is 4.79 Å². The normalized spacial score (nSPS) is 12.0. The van der Waals surface area contributed by atoms with E-state index in [2.05, 4.69) is 10.2 Å². The Hall–Kier alpha value is -2.31. The van der Waals surface area contributed by atoms with Crippen molar-refractivity contribution >= 4 is 29.1 Å². The number of aromatic nitrogens is 2. The molecule has 7 heteroatoms. The SMILES string of the molecule is CCC(Sc1nnc(-c2ccc(Cl)cc2)o1)C(=O)c1ccc(OC)cc1. The summed E-state index contributed by atoms with van der Waals surface area (Å²) < 4.78 is 10.8. The maximum absolute atomic E-state index is 12.7. The minimum Gasteiger partial charge on any atom is -0.497 e. The molecule has 0 aliphatic carbocycles. The lowest BCUT2D eigenvalue weighted by atomic mass is 10.1. The quantitative estimate of drug-likeness (QED) is 0.412. The molecular weight excluding hydrogens is 372 g/mol. The van der Waals surface area contributed by atoms with Crippen LogP contribution in [-0.4, -0.2) is 28.3 Å². The highest BCUT2D eigenvalue weighted by molar-refractivity contribution is 8.00. The highest BCUT2D eigenvalue weighted by Gasteiger charge is 2.23. The number of carbonyl (C=O) groups excluding carboxylic acids is 1. The molecule has 0 radical (unpaired) electrons. The summed E-state index contributed by atoms with van der Waals surface area (Å²) in [4.78, 5) is 12.7. The lowest BCUT2D eigenvalue weighted by Gasteiger charge is -2.11. The predicted molar refractivity (Wildman–Crippen MR) is 102 cm³/mol. The average Bonchev–Trinajstić information content (AvgIpc) is 3.15. The second-order valence-electron chi connectivity index (χ2n) is 5.49. The molecule has 0 amide bonds. The van der Waals surface area contributed by atoms with Crippen molar-refractivity contribution in [3.63, 3.8) is 0 Å². The number of methoxy groups -OCH3 is 1. The third-order valence-corrected chi connectivity index (χ3v) is 5.23. The molecule has 2 aromatic carbocycles. The zero-order chi connectivity index (χ0) is 18.5. The number of ketones is 1. The number of ether oxygens (including phenoxy) is 1. The lowest BCUT2D eigenvalue weighted by Crippen LogP contribution is -2.16. The smallest absolute Gasteiger partial charge is 0.277 e. The van der Waals surface area contributed by atoms with Gasteiger partial charge in [-0.15, -0.1) is 10.2 Å². The van der Waals surface area contributed by atoms with Crippen LogP contribution in [0.25, 0.3) is 11.5 Å². The van der Waals surface area contributed by atoms with Crippen LogP contribution >= 0.6 is 23.4 Å². The molecule has 1 atom stereocenters. The van der Waals surface area contributed by atoms with Gasteiger partial charge in [0.1, 0.15) is 5.75 Å². The standard InChI is InChI=1S/C19H17ClN2O3S/c1-3-16(17(23)12-6-10-15(24-2)11-7-12)26-19-22-21-18(25-19)13-4-8-14(20)9-5-13/h4-11,16H,3H2,1-2H3. The van der Waals surface area contributed by atoms with E-state index in [1.54, 1.807) is 43.5 Å². The first-order chi connectivity index (χ1) is 12.6. The number of hydrogen-bond acceptors (Lipinski definition) is 6. The van der Waals surface area contributed by atoms with Gasteiger partial charge in [-0.3, -0.25) is 4.79 Å². The number of rotatable bonds is 7. The van der Waals surface area contributed by atoms with Gasteiger partial charge in [0, 0.05) is 16.1 Å². The first-order valence-electron chi connectivity index (χ1n) is 8.05. The molecule has 0 saturated carbocycles. The zero-order valence-electron chi connectivity index (χ0n) is 14.3. The van der Waals surface area contributed by atoms with Crippen molar-refractivity contribution < 1.29 is 13.9 Å². The summed E-state index contributed by atoms with van der Waals surface area (Å²) in [7, 11) is 1.59. The fourth-order valence-electron chi connectivity index (χ4n) is 2.35. The summed E-state index contributed by atoms with van der Waals surface area (Å²) in [6.45, 7) is 1.95. The third kappa shape index (κ3) is 4.26. The van der Waals surface area contributed by atoms with Crippen LogP contribution in [0.1, 0.15) is 23.7 Å². The molecule has 26 heavy (non-hydrogen) atoms. The van der Waals surface area contributed by atoms with Gasteiger partial charge in [0.15, 0.2) is 5.78 Å². The van der Waals surface area contributed by atoms with E-state index in [0.717, 1.165) is 5.56 Å². The first kappa shape index (κ1) is 18.5. The summed E-state index contributed by atoms with van der Waals surface area (Å²) in [6, 6.07) is 14.2. The number of Topliss-reactive ketones (excluding diaryl/α,β-unsaturated/α-hetero) is 1. The van der Waals surface area contributed by atoms with Crippen LogP contribution < -0.4 is 4.74 Å². The van der Waals surface area contributed by atoms with Crippen LogP contribution in [0.3, 0.4) is 0 Å². The Kier molecular flexibility index (Phi) is 5.96. The van der Waals surface area contributed by atoms with Crippen molar-refractivity contribution in [3.05, 3.63) is 59.1 Å². The monoisotopic (exact) mass is 388 g/mol. The molecule has 0 bridgehead atoms. The van der Waals surface area contributed by atoms with Crippen LogP contribution in [0.5, 0.6) is 5.75 Å². The molecule has 1 aromatic heterocycles. The van der Waals surface area contributed by atoms with E-state index in [-0.39, 0.29) is 11.0 Å². The van der Waals surface area contributed by atoms with Crippen LogP contribution in [0.2, 0.25) is 5.02 Å². The van der Waals surface area contributed by atoms with Gasteiger partial charge in [-0.05, 0) is 55.0 Å². The third-order valence-electron chi connectivity index (χ3n) is 3.78. The van der Waals surface area contributed by atoms with E-state index in [0.29, 0.717) is 33.9 Å². The molecule has 0 spiro atoms. The van der Waals surface area contributed by atoms with Crippen molar-refractivity contribution in [1.82, 2.24) is 10.2 Å². The molecule has 5 nitrogen and oxygen atoms in total. The number of nitrogens with zero attached hydrogens (tertiary/aromatic N) is 2. The van der Waals surface area contributed by atoms with Crippen LogP contribution in [-0.2, 0) is 0 Å². The van der Waals surface area contributed by atoms with E-state index in [4.69, 9.17) is 20.8 Å². The van der Waals surface area contributed by atoms with Crippen LogP contribution in [0.4, 0.5) is 0 Å². The number of halogens is 1. The summed E-state index contributed by atoms with van der Waals surface area (Å²) in [5, 5.41) is 8.80. The second-order valence-corrected chi connectivity index (χ2v) is 7.08. The van der Waals surface area contributed by atoms with Gasteiger partial charge in [0.05, 0.1) is 12.4 Å². The van der Waals surface area contributed by atoms with E-state index in [1.165, 1.54) is 11.8 Å². The van der Waals surface area contributed by atoms with Crippen molar-refractivity contribution in [2.45, 2.75) is 23.8 Å². The Morgan fingerprint density at radius 1 is 1.15 bits per heavy atom. The predicted octanol–water partition coefficient (Wildman–Crippen LogP) is 5.15. The van der Waals surface area contributed by atoms with Gasteiger partial charge >= 0.3 is 0 Å². The number of benzene rings is 2. The molecule has 3 rings (SSSR count). The van der Waals surface area contributed by atoms with Crippen molar-refractivity contribution in [2.24, 2.45) is 0 Å². The summed E-state index contributed by atoms with van der Waals surface area (Å²) in [5.41, 5.74) is 1.41. The Morgan fingerprint density at radius 3 is 2.46 bits per heavy atom. The lowest BCUT2D eigenvalue weighted by molar-refractivity contribution is 0.0987. The van der Waals surface area contributed by atoms with Gasteiger partial charge in [0.25, 0.3) is 5.22 Å². The summed E-state index contributed by atoms with van der Waals surface area (Å²) in [5.74, 6) is 1.13. The molecule has 1 unspecified atom stereocenters. The summed E-state index contributed by atoms with van der Waals surface area (Å²) >= 11 is 7.16. The van der Waals surface area contributed by atoms with Crippen LogP contribution in [0.15, 0.2) is 58.2 Å². The number of thioether (sulfide) groups is 1. The molecule has 0 aliphatic heterocycles. The highest BCUT2D eigenvalue weighted by atomic mass is 35.5. The van der Waals surface area contributed by atoms with Gasteiger partial charge in [-0.1, -0.05) is 30.3 Å². The van der Waals surface area contributed by atoms with Crippen molar-refractivity contribution in [1.29, 1.82) is 0 Å². The van der Waals surface area contributed by atoms with E-state index >= 15 is 0 Å². The number of carbonyl (C=O) groups is 1. The highest BCUT2D eigenvalue weighted by Crippen LogP contribution is 2.30. The fraction of sp³-hybridized carbons (Fsp3) is 0.211. The largest absolute Gasteiger partial charge is 0.497 e. The van der Waals surface area contributed by atoms with Gasteiger partial charge < -0.3 is 9.15 Å². The molecule has 0 N–H and O–H groups in total. The van der Waals surface area contributed by atoms with Gasteiger partial charge in [0.2, 0.25) is 5.89 Å². The zero-order valence-corrected chi connectivity index (χ0v) is 15.9. The number of hydrogen-bond donors (Lipinski definition) is 0. The Balaban J connectivity index is 1.73. The molecule has 0 aliphatic rings. The van der Waals surface area contributed by atoms with Gasteiger partial charge in [-0.25, -0.2) is 0 Å². The second kappa shape index (κ2) is 8.38. The maximum atomic E-state index is 12.7. The van der Waals surface area contributed by atoms with E-state index < -0.39 is 0 Å². The Morgan fingerprint density at radius 2 is 1.85 bits per heavy atom. The molecule has 0 saturated heterocycles. The fourth-order valence-corrected chi connectivity index (χ4v) is 3.35. The molecule has 134 valence electrons. The molecule has 0 fully saturated rings. The molecule has 1 heterocycles. The topological polar surface area (TPSA) is 65.2 Å².